The predicted molar refractivity (Wildman–Crippen MR) is 109 cm³/mol. The Morgan fingerprint density at radius 1 is 0.815 bits per heavy atom. The molecule has 1 saturated heterocycles. The molecule has 4 rings (SSSR count). The van der Waals surface area contributed by atoms with Gasteiger partial charge >= 0.3 is 0 Å². The first kappa shape index (κ1) is 17.8. The summed E-state index contributed by atoms with van der Waals surface area (Å²) in [6, 6.07) is 19.9. The SMILES string of the molecule is CN1CCN(CCn2nc(-c3ccccc3)c(O)c2-c2ccccc2)CC1. The number of aromatic hydroxyl groups is 1. The Morgan fingerprint density at radius 3 is 2.04 bits per heavy atom. The molecule has 0 saturated carbocycles. The number of benzene rings is 2. The van der Waals surface area contributed by atoms with Crippen molar-refractivity contribution in [3.05, 3.63) is 60.7 Å². The topological polar surface area (TPSA) is 44.5 Å². The summed E-state index contributed by atoms with van der Waals surface area (Å²) in [6.07, 6.45) is 0. The Kier molecular flexibility index (Phi) is 5.23. The second-order valence-electron chi connectivity index (χ2n) is 7.15. The van der Waals surface area contributed by atoms with Crippen LogP contribution in [0, 0.1) is 0 Å². The summed E-state index contributed by atoms with van der Waals surface area (Å²) in [4.78, 5) is 4.83. The van der Waals surface area contributed by atoms with Crippen LogP contribution < -0.4 is 0 Å². The summed E-state index contributed by atoms with van der Waals surface area (Å²) in [6.45, 7) is 6.06. The van der Waals surface area contributed by atoms with Gasteiger partial charge in [-0.2, -0.15) is 5.10 Å². The van der Waals surface area contributed by atoms with Gasteiger partial charge in [-0.05, 0) is 7.05 Å². The van der Waals surface area contributed by atoms with Crippen molar-refractivity contribution in [3.8, 4) is 28.3 Å². The number of aromatic nitrogens is 2. The van der Waals surface area contributed by atoms with Crippen molar-refractivity contribution < 1.29 is 5.11 Å². The fraction of sp³-hybridized carbons (Fsp3) is 0.318. The van der Waals surface area contributed by atoms with Crippen LogP contribution in [0.5, 0.6) is 5.75 Å². The second-order valence-corrected chi connectivity index (χ2v) is 7.15. The lowest BCUT2D eigenvalue weighted by atomic mass is 10.1. The first-order valence-electron chi connectivity index (χ1n) is 9.54. The molecule has 3 aromatic rings. The summed E-state index contributed by atoms with van der Waals surface area (Å²) < 4.78 is 1.96. The van der Waals surface area contributed by atoms with E-state index in [1.165, 1.54) is 0 Å². The zero-order valence-electron chi connectivity index (χ0n) is 15.8. The van der Waals surface area contributed by atoms with Gasteiger partial charge in [0.05, 0.1) is 6.54 Å². The largest absolute Gasteiger partial charge is 0.504 e. The number of rotatable bonds is 5. The highest BCUT2D eigenvalue weighted by molar-refractivity contribution is 5.77. The van der Waals surface area contributed by atoms with E-state index in [0.717, 1.165) is 56.1 Å². The monoisotopic (exact) mass is 362 g/mol. The van der Waals surface area contributed by atoms with Crippen molar-refractivity contribution in [2.45, 2.75) is 6.54 Å². The van der Waals surface area contributed by atoms with E-state index >= 15 is 0 Å². The minimum Gasteiger partial charge on any atom is -0.504 e. The molecule has 0 spiro atoms. The second kappa shape index (κ2) is 7.94. The smallest absolute Gasteiger partial charge is 0.169 e. The molecule has 0 atom stereocenters. The van der Waals surface area contributed by atoms with Crippen molar-refractivity contribution in [1.82, 2.24) is 19.6 Å². The minimum absolute atomic E-state index is 0.255. The number of piperazine rings is 1. The molecule has 1 fully saturated rings. The van der Waals surface area contributed by atoms with Crippen molar-refractivity contribution in [2.24, 2.45) is 0 Å². The van der Waals surface area contributed by atoms with Crippen LogP contribution in [0.2, 0.25) is 0 Å². The quantitative estimate of drug-likeness (QED) is 0.757. The molecule has 0 amide bonds. The first-order valence-corrected chi connectivity index (χ1v) is 9.54. The maximum absolute atomic E-state index is 11.0. The highest BCUT2D eigenvalue weighted by Gasteiger charge is 2.21. The third-order valence-corrected chi connectivity index (χ3v) is 5.25. The summed E-state index contributed by atoms with van der Waals surface area (Å²) in [5.41, 5.74) is 3.37. The molecule has 27 heavy (non-hydrogen) atoms. The molecule has 1 N–H and O–H groups in total. The van der Waals surface area contributed by atoms with E-state index in [2.05, 4.69) is 16.8 Å². The van der Waals surface area contributed by atoms with E-state index in [4.69, 9.17) is 5.10 Å². The number of likely N-dealkylation sites (N-methyl/N-ethyl adjacent to an activating group) is 1. The van der Waals surface area contributed by atoms with Crippen LogP contribution in [0.4, 0.5) is 0 Å². The molecule has 0 radical (unpaired) electrons. The van der Waals surface area contributed by atoms with Gasteiger partial charge < -0.3 is 10.0 Å². The average molecular weight is 362 g/mol. The zero-order chi connectivity index (χ0) is 18.6. The Bertz CT molecular complexity index is 868. The molecule has 5 nitrogen and oxygen atoms in total. The molecule has 1 aliphatic rings. The van der Waals surface area contributed by atoms with E-state index in [1.807, 2.05) is 65.3 Å². The lowest BCUT2D eigenvalue weighted by molar-refractivity contribution is 0.149. The van der Waals surface area contributed by atoms with Gasteiger partial charge in [0.1, 0.15) is 11.4 Å². The van der Waals surface area contributed by atoms with Crippen LogP contribution in [0.25, 0.3) is 22.5 Å². The van der Waals surface area contributed by atoms with Crippen LogP contribution in [-0.2, 0) is 6.54 Å². The molecular formula is C22H26N4O. The zero-order valence-corrected chi connectivity index (χ0v) is 15.8. The van der Waals surface area contributed by atoms with Crippen LogP contribution in [0.3, 0.4) is 0 Å². The Labute approximate surface area is 160 Å². The number of hydrogen-bond acceptors (Lipinski definition) is 4. The molecule has 2 aromatic carbocycles. The molecule has 5 heteroatoms. The van der Waals surface area contributed by atoms with Crippen molar-refractivity contribution in [2.75, 3.05) is 39.8 Å². The highest BCUT2D eigenvalue weighted by Crippen LogP contribution is 2.37. The van der Waals surface area contributed by atoms with Crippen LogP contribution >= 0.6 is 0 Å². The van der Waals surface area contributed by atoms with Gasteiger partial charge in [0.2, 0.25) is 0 Å². The summed E-state index contributed by atoms with van der Waals surface area (Å²) in [7, 11) is 2.17. The standard InChI is InChI=1S/C22H26N4O/c1-24-12-14-25(15-13-24)16-17-26-21(19-10-6-3-7-11-19)22(27)20(23-26)18-8-4-2-5-9-18/h2-11,27H,12-17H2,1H3. The molecule has 0 unspecified atom stereocenters. The van der Waals surface area contributed by atoms with E-state index < -0.39 is 0 Å². The predicted octanol–water partition coefficient (Wildman–Crippen LogP) is 3.17. The summed E-state index contributed by atoms with van der Waals surface area (Å²) in [5.74, 6) is 0.255. The van der Waals surface area contributed by atoms with E-state index in [-0.39, 0.29) is 5.75 Å². The third kappa shape index (κ3) is 3.89. The van der Waals surface area contributed by atoms with Gasteiger partial charge in [-0.15, -0.1) is 0 Å². The Hall–Kier alpha value is -2.63. The summed E-state index contributed by atoms with van der Waals surface area (Å²) in [5, 5.41) is 15.8. The first-order chi connectivity index (χ1) is 13.2. The van der Waals surface area contributed by atoms with Gasteiger partial charge in [0.15, 0.2) is 5.75 Å². The van der Waals surface area contributed by atoms with E-state index in [9.17, 15) is 5.11 Å². The van der Waals surface area contributed by atoms with Gasteiger partial charge in [0.25, 0.3) is 0 Å². The Morgan fingerprint density at radius 2 is 1.41 bits per heavy atom. The molecule has 0 aliphatic carbocycles. The van der Waals surface area contributed by atoms with Gasteiger partial charge in [0, 0.05) is 43.9 Å². The summed E-state index contributed by atoms with van der Waals surface area (Å²) >= 11 is 0. The fourth-order valence-electron chi connectivity index (χ4n) is 3.59. The van der Waals surface area contributed by atoms with Crippen molar-refractivity contribution >= 4 is 0 Å². The molecule has 0 bridgehead atoms. The maximum Gasteiger partial charge on any atom is 0.169 e. The van der Waals surface area contributed by atoms with Crippen LogP contribution in [-0.4, -0.2) is 64.5 Å². The maximum atomic E-state index is 11.0. The Balaban J connectivity index is 1.65. The van der Waals surface area contributed by atoms with Crippen molar-refractivity contribution in [3.63, 3.8) is 0 Å². The van der Waals surface area contributed by atoms with Crippen LogP contribution in [0.15, 0.2) is 60.7 Å². The molecule has 1 aliphatic heterocycles. The molecule has 140 valence electrons. The lowest BCUT2D eigenvalue weighted by Crippen LogP contribution is -2.45. The number of hydrogen-bond donors (Lipinski definition) is 1. The van der Waals surface area contributed by atoms with Crippen molar-refractivity contribution in [1.29, 1.82) is 0 Å². The molecule has 1 aromatic heterocycles. The average Bonchev–Trinajstić information content (AvgIpc) is 3.05. The van der Waals surface area contributed by atoms with E-state index in [0.29, 0.717) is 5.69 Å². The van der Waals surface area contributed by atoms with Crippen LogP contribution in [0.1, 0.15) is 0 Å². The molecular weight excluding hydrogens is 336 g/mol. The van der Waals surface area contributed by atoms with Gasteiger partial charge in [-0.1, -0.05) is 60.7 Å². The van der Waals surface area contributed by atoms with Gasteiger partial charge in [-0.25, -0.2) is 0 Å². The third-order valence-electron chi connectivity index (χ3n) is 5.25. The van der Waals surface area contributed by atoms with Gasteiger partial charge in [-0.3, -0.25) is 9.58 Å². The highest BCUT2D eigenvalue weighted by atomic mass is 16.3. The minimum atomic E-state index is 0.255. The normalized spacial score (nSPS) is 15.9. The van der Waals surface area contributed by atoms with E-state index in [1.54, 1.807) is 0 Å². The molecule has 2 heterocycles. The fourth-order valence-corrected chi connectivity index (χ4v) is 3.59. The lowest BCUT2D eigenvalue weighted by Gasteiger charge is -2.32. The number of nitrogens with zero attached hydrogens (tertiary/aromatic N) is 4.